The molecule has 1 fully saturated rings. The van der Waals surface area contributed by atoms with Crippen LogP contribution in [0, 0.1) is 5.92 Å². The highest BCUT2D eigenvalue weighted by atomic mass is 16.6. The third-order valence-electron chi connectivity index (χ3n) is 6.18. The summed E-state index contributed by atoms with van der Waals surface area (Å²) in [4.78, 5) is 12.0. The van der Waals surface area contributed by atoms with E-state index in [1.54, 1.807) is 6.92 Å². The Morgan fingerprint density at radius 1 is 1.24 bits per heavy atom. The second-order valence-electron chi connectivity index (χ2n) is 8.18. The molecule has 0 amide bonds. The van der Waals surface area contributed by atoms with Gasteiger partial charge in [-0.25, -0.2) is 4.79 Å². The summed E-state index contributed by atoms with van der Waals surface area (Å²) in [6.07, 6.45) is 3.61. The summed E-state index contributed by atoms with van der Waals surface area (Å²) in [7, 11) is 0. The van der Waals surface area contributed by atoms with Crippen LogP contribution in [0.4, 0.5) is 0 Å². The summed E-state index contributed by atoms with van der Waals surface area (Å²) < 4.78 is 11.7. The zero-order chi connectivity index (χ0) is 18.4. The van der Waals surface area contributed by atoms with Crippen molar-refractivity contribution in [1.82, 2.24) is 0 Å². The standard InChI is InChI=1S/C20H30O5/c1-11-6-5-7-12(2)14-8-9-20(4,25-14)18(22)17(21)16-13(3)19(23)24-15(16)10-11/h6,12,14-15,17-18,21-22H,5,7-10H2,1-4H3/b11-6+/t12-,14+,15+,17-,18+,20-/m1/s1. The molecule has 3 heterocycles. The maximum Gasteiger partial charge on any atom is 0.334 e. The van der Waals surface area contributed by atoms with Gasteiger partial charge in [-0.05, 0) is 52.4 Å². The maximum atomic E-state index is 12.0. The Morgan fingerprint density at radius 3 is 2.68 bits per heavy atom. The molecule has 2 bridgehead atoms. The Hall–Kier alpha value is -1.17. The Bertz CT molecular complexity index is 607. The molecule has 140 valence electrons. The second kappa shape index (κ2) is 6.86. The fourth-order valence-corrected chi connectivity index (χ4v) is 4.37. The largest absolute Gasteiger partial charge is 0.454 e. The van der Waals surface area contributed by atoms with Gasteiger partial charge in [-0.3, -0.25) is 0 Å². The van der Waals surface area contributed by atoms with Gasteiger partial charge in [0, 0.05) is 17.6 Å². The SMILES string of the molecule is CC1=C2[C@H](C/C(C)=C/CC[C@@H](C)[C@@H]3CC[C@@](C)(O3)[C@@H](O)[C@@H]2O)OC1=O. The van der Waals surface area contributed by atoms with Crippen molar-refractivity contribution in [1.29, 1.82) is 0 Å². The lowest BCUT2D eigenvalue weighted by atomic mass is 9.84. The molecule has 5 heteroatoms. The molecule has 25 heavy (non-hydrogen) atoms. The first kappa shape index (κ1) is 18.6. The first-order chi connectivity index (χ1) is 11.7. The van der Waals surface area contributed by atoms with Crippen molar-refractivity contribution in [2.45, 2.75) is 89.8 Å². The zero-order valence-electron chi connectivity index (χ0n) is 15.6. The van der Waals surface area contributed by atoms with Crippen molar-refractivity contribution in [3.63, 3.8) is 0 Å². The van der Waals surface area contributed by atoms with Crippen LogP contribution in [-0.2, 0) is 14.3 Å². The second-order valence-corrected chi connectivity index (χ2v) is 8.18. The zero-order valence-corrected chi connectivity index (χ0v) is 15.6. The highest BCUT2D eigenvalue weighted by molar-refractivity contribution is 5.92. The number of carbonyl (C=O) groups is 1. The van der Waals surface area contributed by atoms with Gasteiger partial charge < -0.3 is 19.7 Å². The van der Waals surface area contributed by atoms with E-state index in [0.717, 1.165) is 24.8 Å². The smallest absolute Gasteiger partial charge is 0.334 e. The molecule has 3 aliphatic heterocycles. The number of allylic oxidation sites excluding steroid dienone is 1. The maximum absolute atomic E-state index is 12.0. The van der Waals surface area contributed by atoms with E-state index in [0.29, 0.717) is 29.9 Å². The monoisotopic (exact) mass is 350 g/mol. The van der Waals surface area contributed by atoms with Gasteiger partial charge in [-0.1, -0.05) is 18.6 Å². The topological polar surface area (TPSA) is 76.0 Å². The number of ether oxygens (including phenoxy) is 2. The molecule has 0 aromatic rings. The van der Waals surface area contributed by atoms with E-state index in [9.17, 15) is 15.0 Å². The molecule has 1 saturated heterocycles. The van der Waals surface area contributed by atoms with Crippen molar-refractivity contribution < 1.29 is 24.5 Å². The van der Waals surface area contributed by atoms with Crippen LogP contribution < -0.4 is 0 Å². The Balaban J connectivity index is 1.97. The van der Waals surface area contributed by atoms with Crippen LogP contribution in [-0.4, -0.2) is 46.2 Å². The van der Waals surface area contributed by atoms with Gasteiger partial charge in [0.05, 0.1) is 11.7 Å². The van der Waals surface area contributed by atoms with Gasteiger partial charge in [0.15, 0.2) is 0 Å². The summed E-state index contributed by atoms with van der Waals surface area (Å²) in [6.45, 7) is 7.73. The average Bonchev–Trinajstić information content (AvgIpc) is 3.07. The number of rotatable bonds is 0. The van der Waals surface area contributed by atoms with E-state index in [-0.39, 0.29) is 6.10 Å². The Labute approximate surface area is 149 Å². The quantitative estimate of drug-likeness (QED) is 0.519. The molecule has 0 spiro atoms. The molecule has 0 unspecified atom stereocenters. The molecule has 6 atom stereocenters. The summed E-state index contributed by atoms with van der Waals surface area (Å²) in [6, 6.07) is 0. The van der Waals surface area contributed by atoms with Gasteiger partial charge in [0.1, 0.15) is 18.3 Å². The lowest BCUT2D eigenvalue weighted by Gasteiger charge is -2.35. The number of fused-ring (bicyclic) bond motifs is 3. The van der Waals surface area contributed by atoms with E-state index in [4.69, 9.17) is 9.47 Å². The molecule has 0 radical (unpaired) electrons. The van der Waals surface area contributed by atoms with Gasteiger partial charge in [0.25, 0.3) is 0 Å². The molecule has 3 aliphatic rings. The van der Waals surface area contributed by atoms with Crippen LogP contribution in [0.2, 0.25) is 0 Å². The van der Waals surface area contributed by atoms with Crippen LogP contribution in [0.5, 0.6) is 0 Å². The summed E-state index contributed by atoms with van der Waals surface area (Å²) in [5.41, 5.74) is 1.24. The van der Waals surface area contributed by atoms with E-state index in [2.05, 4.69) is 13.0 Å². The Morgan fingerprint density at radius 2 is 1.96 bits per heavy atom. The lowest BCUT2D eigenvalue weighted by molar-refractivity contribution is -0.146. The van der Waals surface area contributed by atoms with Crippen LogP contribution in [0.25, 0.3) is 0 Å². The van der Waals surface area contributed by atoms with Crippen molar-refractivity contribution in [2.24, 2.45) is 5.92 Å². The molecule has 0 aromatic carbocycles. The third-order valence-corrected chi connectivity index (χ3v) is 6.18. The summed E-state index contributed by atoms with van der Waals surface area (Å²) in [5, 5.41) is 21.8. The molecule has 5 nitrogen and oxygen atoms in total. The lowest BCUT2D eigenvalue weighted by Crippen LogP contribution is -2.49. The number of esters is 1. The van der Waals surface area contributed by atoms with Gasteiger partial charge in [-0.15, -0.1) is 0 Å². The normalized spacial score (nSPS) is 45.0. The molecule has 0 saturated carbocycles. The van der Waals surface area contributed by atoms with Gasteiger partial charge in [0.2, 0.25) is 0 Å². The van der Waals surface area contributed by atoms with Crippen LogP contribution >= 0.6 is 0 Å². The molecule has 3 rings (SSSR count). The third kappa shape index (κ3) is 3.42. The summed E-state index contributed by atoms with van der Waals surface area (Å²) >= 11 is 0. The molecule has 0 aromatic heterocycles. The van der Waals surface area contributed by atoms with E-state index < -0.39 is 29.9 Å². The predicted molar refractivity (Wildman–Crippen MR) is 93.9 cm³/mol. The number of aliphatic hydroxyl groups excluding tert-OH is 2. The minimum Gasteiger partial charge on any atom is -0.454 e. The van der Waals surface area contributed by atoms with Crippen molar-refractivity contribution >= 4 is 5.97 Å². The van der Waals surface area contributed by atoms with Crippen LogP contribution in [0.15, 0.2) is 22.8 Å². The fourth-order valence-electron chi connectivity index (χ4n) is 4.37. The summed E-state index contributed by atoms with van der Waals surface area (Å²) in [5.74, 6) is -0.00983. The molecule has 2 N–H and O–H groups in total. The van der Waals surface area contributed by atoms with Gasteiger partial charge in [-0.2, -0.15) is 0 Å². The van der Waals surface area contributed by atoms with Crippen LogP contribution in [0.1, 0.15) is 59.8 Å². The highest BCUT2D eigenvalue weighted by Crippen LogP contribution is 2.41. The molecule has 0 aliphatic carbocycles. The van der Waals surface area contributed by atoms with Crippen molar-refractivity contribution in [2.75, 3.05) is 0 Å². The number of hydrogen-bond acceptors (Lipinski definition) is 5. The average molecular weight is 350 g/mol. The predicted octanol–water partition coefficient (Wildman–Crippen LogP) is 2.65. The number of carbonyl (C=O) groups excluding carboxylic acids is 1. The molecular weight excluding hydrogens is 320 g/mol. The van der Waals surface area contributed by atoms with Crippen molar-refractivity contribution in [3.8, 4) is 0 Å². The van der Waals surface area contributed by atoms with E-state index in [1.165, 1.54) is 0 Å². The number of hydrogen-bond donors (Lipinski definition) is 2. The van der Waals surface area contributed by atoms with E-state index >= 15 is 0 Å². The fraction of sp³-hybridized carbons (Fsp3) is 0.750. The van der Waals surface area contributed by atoms with E-state index in [1.807, 2.05) is 13.8 Å². The Kier molecular flexibility index (Phi) is 5.11. The minimum absolute atomic E-state index is 0.0913. The van der Waals surface area contributed by atoms with Crippen molar-refractivity contribution in [3.05, 3.63) is 22.8 Å². The minimum atomic E-state index is -1.16. The van der Waals surface area contributed by atoms with Gasteiger partial charge >= 0.3 is 5.97 Å². The highest BCUT2D eigenvalue weighted by Gasteiger charge is 2.49. The first-order valence-electron chi connectivity index (χ1n) is 9.34. The number of aliphatic hydroxyl groups is 2. The molecular formula is C20H30O5. The van der Waals surface area contributed by atoms with Crippen LogP contribution in [0.3, 0.4) is 0 Å². The first-order valence-corrected chi connectivity index (χ1v) is 9.34.